The summed E-state index contributed by atoms with van der Waals surface area (Å²) in [5.41, 5.74) is 0.633. The lowest BCUT2D eigenvalue weighted by atomic mass is 10.1. The maximum atomic E-state index is 12.0. The van der Waals surface area contributed by atoms with Crippen LogP contribution in [-0.2, 0) is 9.59 Å². The maximum Gasteiger partial charge on any atom is 0.293 e. The Hall–Kier alpha value is -2.48. The molecule has 1 aromatic rings. The molecule has 0 unspecified atom stereocenters. The topological polar surface area (TPSA) is 105 Å². The van der Waals surface area contributed by atoms with Crippen molar-refractivity contribution in [2.75, 3.05) is 25.5 Å². The molecule has 126 valence electrons. The number of amides is 2. The number of hydrogen-bond donors (Lipinski definition) is 2. The summed E-state index contributed by atoms with van der Waals surface area (Å²) >= 11 is 0. The molecule has 0 aliphatic rings. The largest absolute Gasteiger partial charge is 0.353 e. The van der Waals surface area contributed by atoms with Gasteiger partial charge in [0, 0.05) is 12.1 Å². The maximum absolute atomic E-state index is 12.0. The summed E-state index contributed by atoms with van der Waals surface area (Å²) in [5.74, 6) is -0.598. The number of carbonyl (C=O) groups excluding carboxylic acids is 2. The van der Waals surface area contributed by atoms with Crippen LogP contribution in [0.1, 0.15) is 19.4 Å². The van der Waals surface area contributed by atoms with Crippen LogP contribution in [0.4, 0.5) is 11.4 Å². The highest BCUT2D eigenvalue weighted by Crippen LogP contribution is 2.27. The number of para-hydroxylation sites is 1. The Morgan fingerprint density at radius 1 is 1.26 bits per heavy atom. The predicted molar refractivity (Wildman–Crippen MR) is 87.2 cm³/mol. The fraction of sp³-hybridized carbons (Fsp3) is 0.467. The van der Waals surface area contributed by atoms with Crippen LogP contribution in [0.2, 0.25) is 0 Å². The van der Waals surface area contributed by atoms with E-state index in [1.165, 1.54) is 11.0 Å². The summed E-state index contributed by atoms with van der Waals surface area (Å²) in [5, 5.41) is 16.3. The highest BCUT2D eigenvalue weighted by atomic mass is 16.6. The van der Waals surface area contributed by atoms with Crippen LogP contribution in [0.15, 0.2) is 18.2 Å². The number of benzene rings is 1. The van der Waals surface area contributed by atoms with Crippen LogP contribution in [0.3, 0.4) is 0 Å². The SMILES string of the molecule is Cc1cccc([N+](=O)[O-])c1NC(=O)CN(C)CC(=O)NC(C)C. The molecule has 0 heterocycles. The normalized spacial score (nSPS) is 10.7. The summed E-state index contributed by atoms with van der Waals surface area (Å²) in [4.78, 5) is 35.7. The van der Waals surface area contributed by atoms with Gasteiger partial charge in [-0.05, 0) is 33.4 Å². The first-order valence-corrected chi connectivity index (χ1v) is 7.22. The zero-order valence-electron chi connectivity index (χ0n) is 13.8. The number of aryl methyl sites for hydroxylation is 1. The Kier molecular flexibility index (Phi) is 6.65. The molecule has 0 radical (unpaired) electrons. The average Bonchev–Trinajstić information content (AvgIpc) is 2.39. The van der Waals surface area contributed by atoms with Crippen LogP contribution in [0.5, 0.6) is 0 Å². The van der Waals surface area contributed by atoms with Gasteiger partial charge < -0.3 is 10.6 Å². The van der Waals surface area contributed by atoms with Gasteiger partial charge in [0.05, 0.1) is 18.0 Å². The summed E-state index contributed by atoms with van der Waals surface area (Å²) in [6.45, 7) is 5.41. The lowest BCUT2D eigenvalue weighted by Gasteiger charge is -2.17. The van der Waals surface area contributed by atoms with Crippen LogP contribution >= 0.6 is 0 Å². The third-order valence-corrected chi connectivity index (χ3v) is 2.99. The lowest BCUT2D eigenvalue weighted by Crippen LogP contribution is -2.41. The zero-order chi connectivity index (χ0) is 17.6. The highest BCUT2D eigenvalue weighted by molar-refractivity contribution is 5.95. The van der Waals surface area contributed by atoms with Gasteiger partial charge in [-0.15, -0.1) is 0 Å². The number of nitro groups is 1. The van der Waals surface area contributed by atoms with Crippen LogP contribution in [0.25, 0.3) is 0 Å². The first kappa shape index (κ1) is 18.6. The minimum Gasteiger partial charge on any atom is -0.353 e. The second-order valence-electron chi connectivity index (χ2n) is 5.67. The van der Waals surface area contributed by atoms with Crippen molar-refractivity contribution in [3.8, 4) is 0 Å². The van der Waals surface area contributed by atoms with E-state index < -0.39 is 10.8 Å². The van der Waals surface area contributed by atoms with E-state index in [1.807, 2.05) is 13.8 Å². The molecular formula is C15H22N4O4. The van der Waals surface area contributed by atoms with Crippen LogP contribution in [-0.4, -0.2) is 47.8 Å². The van der Waals surface area contributed by atoms with Gasteiger partial charge in [-0.1, -0.05) is 12.1 Å². The van der Waals surface area contributed by atoms with Crippen molar-refractivity contribution in [1.29, 1.82) is 0 Å². The number of nitrogens with one attached hydrogen (secondary N) is 2. The Morgan fingerprint density at radius 2 is 1.87 bits per heavy atom. The van der Waals surface area contributed by atoms with Crippen molar-refractivity contribution in [3.63, 3.8) is 0 Å². The number of nitro benzene ring substituents is 1. The first-order chi connectivity index (χ1) is 10.7. The fourth-order valence-corrected chi connectivity index (χ4v) is 2.06. The number of carbonyl (C=O) groups is 2. The van der Waals surface area contributed by atoms with E-state index >= 15 is 0 Å². The number of anilines is 1. The Labute approximate surface area is 135 Å². The van der Waals surface area contributed by atoms with Crippen molar-refractivity contribution >= 4 is 23.2 Å². The van der Waals surface area contributed by atoms with Gasteiger partial charge in [-0.2, -0.15) is 0 Å². The quantitative estimate of drug-likeness (QED) is 0.581. The van der Waals surface area contributed by atoms with Crippen LogP contribution < -0.4 is 10.6 Å². The van der Waals surface area contributed by atoms with Gasteiger partial charge in [-0.25, -0.2) is 0 Å². The molecule has 0 saturated carbocycles. The molecule has 8 nitrogen and oxygen atoms in total. The number of rotatable bonds is 7. The van der Waals surface area contributed by atoms with E-state index in [-0.39, 0.29) is 36.4 Å². The van der Waals surface area contributed by atoms with E-state index in [0.717, 1.165) is 0 Å². The predicted octanol–water partition coefficient (Wildman–Crippen LogP) is 1.30. The molecule has 2 N–H and O–H groups in total. The monoisotopic (exact) mass is 322 g/mol. The van der Waals surface area contributed by atoms with Gasteiger partial charge in [0.15, 0.2) is 0 Å². The summed E-state index contributed by atoms with van der Waals surface area (Å²) < 4.78 is 0. The molecule has 0 fully saturated rings. The third kappa shape index (κ3) is 6.03. The summed E-state index contributed by atoms with van der Waals surface area (Å²) in [6, 6.07) is 4.61. The smallest absolute Gasteiger partial charge is 0.293 e. The van der Waals surface area contributed by atoms with E-state index in [0.29, 0.717) is 5.56 Å². The third-order valence-electron chi connectivity index (χ3n) is 2.99. The van der Waals surface area contributed by atoms with Crippen molar-refractivity contribution in [3.05, 3.63) is 33.9 Å². The lowest BCUT2D eigenvalue weighted by molar-refractivity contribution is -0.384. The molecule has 0 saturated heterocycles. The number of likely N-dealkylation sites (N-methyl/N-ethyl adjacent to an activating group) is 1. The van der Waals surface area contributed by atoms with Gasteiger partial charge >= 0.3 is 0 Å². The minimum absolute atomic E-state index is 0.0272. The van der Waals surface area contributed by atoms with Gasteiger partial charge in [0.25, 0.3) is 5.69 Å². The highest BCUT2D eigenvalue weighted by Gasteiger charge is 2.19. The van der Waals surface area contributed by atoms with Crippen molar-refractivity contribution in [2.45, 2.75) is 26.8 Å². The molecule has 0 aromatic heterocycles. The Balaban J connectivity index is 2.67. The van der Waals surface area contributed by atoms with Gasteiger partial charge in [0.1, 0.15) is 5.69 Å². The summed E-state index contributed by atoms with van der Waals surface area (Å²) in [6.07, 6.45) is 0. The van der Waals surface area contributed by atoms with E-state index in [2.05, 4.69) is 10.6 Å². The van der Waals surface area contributed by atoms with Crippen molar-refractivity contribution < 1.29 is 14.5 Å². The molecular weight excluding hydrogens is 300 g/mol. The average molecular weight is 322 g/mol. The van der Waals surface area contributed by atoms with Crippen molar-refractivity contribution in [2.24, 2.45) is 0 Å². The molecule has 23 heavy (non-hydrogen) atoms. The zero-order valence-corrected chi connectivity index (χ0v) is 13.8. The molecule has 2 amide bonds. The first-order valence-electron chi connectivity index (χ1n) is 7.22. The molecule has 0 atom stereocenters. The molecule has 0 aliphatic carbocycles. The molecule has 1 rings (SSSR count). The second-order valence-corrected chi connectivity index (χ2v) is 5.67. The van der Waals surface area contributed by atoms with Gasteiger partial charge in [-0.3, -0.25) is 24.6 Å². The number of hydrogen-bond acceptors (Lipinski definition) is 5. The fourth-order valence-electron chi connectivity index (χ4n) is 2.06. The van der Waals surface area contributed by atoms with E-state index in [1.54, 1.807) is 26.1 Å². The van der Waals surface area contributed by atoms with Crippen molar-refractivity contribution in [1.82, 2.24) is 10.2 Å². The summed E-state index contributed by atoms with van der Waals surface area (Å²) in [7, 11) is 1.63. The van der Waals surface area contributed by atoms with Crippen LogP contribution in [0, 0.1) is 17.0 Å². The molecule has 8 heteroatoms. The van der Waals surface area contributed by atoms with E-state index in [4.69, 9.17) is 0 Å². The number of nitrogens with zero attached hydrogens (tertiary/aromatic N) is 2. The van der Waals surface area contributed by atoms with Gasteiger partial charge in [0.2, 0.25) is 11.8 Å². The molecule has 1 aromatic carbocycles. The Bertz CT molecular complexity index is 601. The molecule has 0 spiro atoms. The van der Waals surface area contributed by atoms with E-state index in [9.17, 15) is 19.7 Å². The molecule has 0 aliphatic heterocycles. The Morgan fingerprint density at radius 3 is 2.43 bits per heavy atom. The standard InChI is InChI=1S/C15H22N4O4/c1-10(2)16-13(20)8-18(4)9-14(21)17-15-11(3)6-5-7-12(15)19(22)23/h5-7,10H,8-9H2,1-4H3,(H,16,20)(H,17,21). The minimum atomic E-state index is -0.539. The second kappa shape index (κ2) is 8.23. The molecule has 0 bridgehead atoms.